The van der Waals surface area contributed by atoms with E-state index in [2.05, 4.69) is 18.8 Å². The summed E-state index contributed by atoms with van der Waals surface area (Å²) in [5, 5.41) is 0. The van der Waals surface area contributed by atoms with Gasteiger partial charge in [0.1, 0.15) is 11.8 Å². The molecule has 0 saturated carbocycles. The second-order valence-electron chi connectivity index (χ2n) is 6.89. The van der Waals surface area contributed by atoms with E-state index in [-0.39, 0.29) is 18.1 Å². The molecule has 3 rings (SSSR count). The van der Waals surface area contributed by atoms with E-state index in [4.69, 9.17) is 4.74 Å². The monoisotopic (exact) mass is 342 g/mol. The van der Waals surface area contributed by atoms with Crippen LogP contribution >= 0.6 is 0 Å². The van der Waals surface area contributed by atoms with Crippen LogP contribution in [0.5, 0.6) is 5.75 Å². The van der Waals surface area contributed by atoms with Crippen molar-refractivity contribution >= 4 is 11.7 Å². The molecule has 1 atom stereocenters. The number of carbonyl (C=O) groups is 1. The lowest BCUT2D eigenvalue weighted by atomic mass is 10.3. The zero-order valence-corrected chi connectivity index (χ0v) is 15.3. The lowest BCUT2D eigenvalue weighted by Gasteiger charge is -2.21. The Morgan fingerprint density at radius 3 is 2.84 bits per heavy atom. The highest BCUT2D eigenvalue weighted by Crippen LogP contribution is 2.27. The number of likely N-dealkylation sites (tertiary alicyclic amines) is 1. The van der Waals surface area contributed by atoms with Crippen LogP contribution in [0.4, 0.5) is 5.82 Å². The number of nitrogens with zero attached hydrogens (tertiary/aromatic N) is 4. The van der Waals surface area contributed by atoms with Crippen molar-refractivity contribution in [2.24, 2.45) is 0 Å². The molecule has 0 bridgehead atoms. The molecule has 2 aromatic heterocycles. The molecule has 25 heavy (non-hydrogen) atoms. The van der Waals surface area contributed by atoms with Crippen molar-refractivity contribution in [1.29, 1.82) is 0 Å². The highest BCUT2D eigenvalue weighted by molar-refractivity contribution is 5.93. The Balaban J connectivity index is 1.68. The van der Waals surface area contributed by atoms with E-state index in [0.717, 1.165) is 23.7 Å². The van der Waals surface area contributed by atoms with E-state index in [0.29, 0.717) is 13.1 Å². The number of rotatable bonds is 5. The third-order valence-electron chi connectivity index (χ3n) is 4.45. The van der Waals surface area contributed by atoms with Crippen LogP contribution < -0.4 is 9.64 Å². The van der Waals surface area contributed by atoms with Gasteiger partial charge in [0, 0.05) is 45.5 Å². The van der Waals surface area contributed by atoms with Gasteiger partial charge in [0.2, 0.25) is 0 Å². The first kappa shape index (κ1) is 17.3. The maximum absolute atomic E-state index is 12.8. The zero-order chi connectivity index (χ0) is 18.0. The van der Waals surface area contributed by atoms with Crippen LogP contribution in [0.3, 0.4) is 0 Å². The molecule has 0 N–H and O–H groups in total. The van der Waals surface area contributed by atoms with Crippen LogP contribution in [0.1, 0.15) is 36.8 Å². The molecular weight excluding hydrogens is 316 g/mol. The summed E-state index contributed by atoms with van der Waals surface area (Å²) in [6.45, 7) is 5.48. The number of aromatic nitrogens is 2. The average Bonchev–Trinajstić information content (AvgIpc) is 3.24. The van der Waals surface area contributed by atoms with Crippen LogP contribution in [0.15, 0.2) is 36.7 Å². The maximum Gasteiger partial charge on any atom is 0.270 e. The molecule has 1 aliphatic rings. The van der Waals surface area contributed by atoms with Gasteiger partial charge in [0.05, 0.1) is 6.54 Å². The van der Waals surface area contributed by atoms with E-state index >= 15 is 0 Å². The van der Waals surface area contributed by atoms with Gasteiger partial charge in [0.15, 0.2) is 11.6 Å². The number of pyridine rings is 1. The van der Waals surface area contributed by atoms with Gasteiger partial charge in [-0.15, -0.1) is 0 Å². The standard InChI is InChI=1S/C19H26N4O2/c1-14(2)23-11-6-7-16(23)19(24)22-12-9-15(13-22)25-17-8-5-10-20-18(17)21(3)4/h5-8,10-11,14-15H,9,12-13H2,1-4H3/t15-/m0/s1. The lowest BCUT2D eigenvalue weighted by Crippen LogP contribution is -2.32. The van der Waals surface area contributed by atoms with Gasteiger partial charge in [-0.25, -0.2) is 4.98 Å². The van der Waals surface area contributed by atoms with Gasteiger partial charge in [-0.1, -0.05) is 0 Å². The number of carbonyl (C=O) groups excluding carboxylic acids is 1. The van der Waals surface area contributed by atoms with Crippen LogP contribution in [-0.2, 0) is 0 Å². The Morgan fingerprint density at radius 1 is 1.32 bits per heavy atom. The molecule has 0 radical (unpaired) electrons. The largest absolute Gasteiger partial charge is 0.485 e. The molecule has 1 aliphatic heterocycles. The summed E-state index contributed by atoms with van der Waals surface area (Å²) < 4.78 is 8.15. The predicted molar refractivity (Wildman–Crippen MR) is 98.3 cm³/mol. The third kappa shape index (κ3) is 3.62. The van der Waals surface area contributed by atoms with E-state index in [1.54, 1.807) is 6.20 Å². The van der Waals surface area contributed by atoms with E-state index in [9.17, 15) is 4.79 Å². The summed E-state index contributed by atoms with van der Waals surface area (Å²) in [7, 11) is 3.89. The minimum atomic E-state index is -0.00527. The van der Waals surface area contributed by atoms with Crippen molar-refractivity contribution in [2.45, 2.75) is 32.4 Å². The minimum absolute atomic E-state index is 0.00527. The SMILES string of the molecule is CC(C)n1cccc1C(=O)N1CC[C@H](Oc2cccnc2N(C)C)C1. The van der Waals surface area contributed by atoms with Gasteiger partial charge in [0.25, 0.3) is 5.91 Å². The number of hydrogen-bond donors (Lipinski definition) is 0. The smallest absolute Gasteiger partial charge is 0.270 e. The Labute approximate surface area is 149 Å². The van der Waals surface area contributed by atoms with Crippen molar-refractivity contribution in [3.8, 4) is 5.75 Å². The normalized spacial score (nSPS) is 17.2. The lowest BCUT2D eigenvalue weighted by molar-refractivity contribution is 0.0760. The summed E-state index contributed by atoms with van der Waals surface area (Å²) in [5.74, 6) is 1.64. The molecule has 0 unspecified atom stereocenters. The summed E-state index contributed by atoms with van der Waals surface area (Å²) in [6.07, 6.45) is 4.54. The average molecular weight is 342 g/mol. The molecule has 0 aromatic carbocycles. The fourth-order valence-corrected chi connectivity index (χ4v) is 3.19. The Morgan fingerprint density at radius 2 is 2.12 bits per heavy atom. The quantitative estimate of drug-likeness (QED) is 0.838. The van der Waals surface area contributed by atoms with Crippen LogP contribution in [-0.4, -0.2) is 53.6 Å². The fraction of sp³-hybridized carbons (Fsp3) is 0.474. The van der Waals surface area contributed by atoms with Crippen LogP contribution in [0, 0.1) is 0 Å². The maximum atomic E-state index is 12.8. The second kappa shape index (κ2) is 7.17. The second-order valence-corrected chi connectivity index (χ2v) is 6.89. The van der Waals surface area contributed by atoms with E-state index < -0.39 is 0 Å². The van der Waals surface area contributed by atoms with Gasteiger partial charge >= 0.3 is 0 Å². The highest BCUT2D eigenvalue weighted by atomic mass is 16.5. The molecule has 1 fully saturated rings. The number of ether oxygens (including phenoxy) is 1. The van der Waals surface area contributed by atoms with Crippen molar-refractivity contribution < 1.29 is 9.53 Å². The predicted octanol–water partition coefficient (Wildman–Crippen LogP) is 2.82. The molecule has 1 amide bonds. The van der Waals surface area contributed by atoms with Crippen molar-refractivity contribution in [3.05, 3.63) is 42.4 Å². The van der Waals surface area contributed by atoms with Gasteiger partial charge in [-0.2, -0.15) is 0 Å². The zero-order valence-electron chi connectivity index (χ0n) is 15.3. The third-order valence-corrected chi connectivity index (χ3v) is 4.45. The fourth-order valence-electron chi connectivity index (χ4n) is 3.19. The molecule has 3 heterocycles. The van der Waals surface area contributed by atoms with Gasteiger partial charge in [-0.05, 0) is 38.1 Å². The first-order valence-corrected chi connectivity index (χ1v) is 8.72. The van der Waals surface area contributed by atoms with Crippen LogP contribution in [0.2, 0.25) is 0 Å². The van der Waals surface area contributed by atoms with E-state index in [1.807, 2.05) is 58.9 Å². The molecule has 1 saturated heterocycles. The molecule has 134 valence electrons. The topological polar surface area (TPSA) is 50.6 Å². The Bertz CT molecular complexity index is 739. The first-order chi connectivity index (χ1) is 12.0. The Hall–Kier alpha value is -2.50. The molecule has 6 heteroatoms. The van der Waals surface area contributed by atoms with Gasteiger partial charge < -0.3 is 19.1 Å². The summed E-state index contributed by atoms with van der Waals surface area (Å²) >= 11 is 0. The van der Waals surface area contributed by atoms with Crippen LogP contribution in [0.25, 0.3) is 0 Å². The molecule has 6 nitrogen and oxygen atoms in total. The van der Waals surface area contributed by atoms with Crippen molar-refractivity contribution in [1.82, 2.24) is 14.5 Å². The first-order valence-electron chi connectivity index (χ1n) is 8.72. The summed E-state index contributed by atoms with van der Waals surface area (Å²) in [4.78, 5) is 21.0. The Kier molecular flexibility index (Phi) is 4.97. The van der Waals surface area contributed by atoms with Gasteiger partial charge in [-0.3, -0.25) is 4.79 Å². The number of amides is 1. The number of hydrogen-bond acceptors (Lipinski definition) is 4. The summed E-state index contributed by atoms with van der Waals surface area (Å²) in [6, 6.07) is 7.88. The number of anilines is 1. The molecule has 0 spiro atoms. The molecular formula is C19H26N4O2. The molecule has 0 aliphatic carbocycles. The van der Waals surface area contributed by atoms with Crippen molar-refractivity contribution in [3.63, 3.8) is 0 Å². The highest BCUT2D eigenvalue weighted by Gasteiger charge is 2.30. The molecule has 2 aromatic rings. The van der Waals surface area contributed by atoms with E-state index in [1.165, 1.54) is 0 Å². The van der Waals surface area contributed by atoms with Crippen molar-refractivity contribution in [2.75, 3.05) is 32.1 Å². The summed E-state index contributed by atoms with van der Waals surface area (Å²) in [5.41, 5.74) is 0.742. The minimum Gasteiger partial charge on any atom is -0.485 e.